The van der Waals surface area contributed by atoms with Crippen LogP contribution in [-0.2, 0) is 10.1 Å². The van der Waals surface area contributed by atoms with Crippen LogP contribution in [0.25, 0.3) is 22.0 Å². The van der Waals surface area contributed by atoms with Gasteiger partial charge in [0, 0.05) is 16.3 Å². The Labute approximate surface area is 207 Å². The number of methoxy groups -OCH3 is 1. The van der Waals surface area contributed by atoms with Crippen molar-refractivity contribution in [2.75, 3.05) is 12.8 Å². The van der Waals surface area contributed by atoms with Crippen molar-refractivity contribution in [3.8, 4) is 17.0 Å². The van der Waals surface area contributed by atoms with Crippen LogP contribution in [0.4, 0.5) is 17.1 Å². The zero-order valence-electron chi connectivity index (χ0n) is 16.4. The van der Waals surface area contributed by atoms with E-state index in [0.717, 1.165) is 5.56 Å². The van der Waals surface area contributed by atoms with Gasteiger partial charge in [-0.05, 0) is 30.3 Å². The first kappa shape index (κ1) is 23.8. The third-order valence-electron chi connectivity index (χ3n) is 4.71. The Morgan fingerprint density at radius 3 is 2.31 bits per heavy atom. The number of nitrogen functional groups attached to an aromatic ring is 1. The van der Waals surface area contributed by atoms with Crippen LogP contribution in [0.5, 0.6) is 5.75 Å². The van der Waals surface area contributed by atoms with E-state index in [2.05, 4.69) is 15.2 Å². The van der Waals surface area contributed by atoms with Gasteiger partial charge in [0.25, 0.3) is 10.1 Å². The normalized spacial score (nSPS) is 11.4. The van der Waals surface area contributed by atoms with Crippen molar-refractivity contribution < 1.29 is 17.7 Å². The zero-order valence-corrected chi connectivity index (χ0v) is 17.2. The summed E-state index contributed by atoms with van der Waals surface area (Å²) >= 11 is 0. The third kappa shape index (κ3) is 4.82. The molecular formula is C22H19N4NaO4S. The first-order valence-electron chi connectivity index (χ1n) is 9.18. The number of nitrogens with two attached hydrogens (primary N) is 1. The van der Waals surface area contributed by atoms with E-state index in [1.54, 1.807) is 43.5 Å². The quantitative estimate of drug-likeness (QED) is 0.196. The Hall–Kier alpha value is -2.82. The van der Waals surface area contributed by atoms with E-state index >= 15 is 0 Å². The predicted octanol–water partition coefficient (Wildman–Crippen LogP) is 4.51. The van der Waals surface area contributed by atoms with E-state index in [9.17, 15) is 13.0 Å². The monoisotopic (exact) mass is 458 g/mol. The summed E-state index contributed by atoms with van der Waals surface area (Å²) in [6.45, 7) is 0. The van der Waals surface area contributed by atoms with E-state index in [1.165, 1.54) is 12.3 Å². The summed E-state index contributed by atoms with van der Waals surface area (Å²) in [5, 5.41) is 8.98. The molecule has 158 valence electrons. The number of rotatable bonds is 5. The number of aromatic nitrogens is 1. The Morgan fingerprint density at radius 2 is 1.66 bits per heavy atom. The molecule has 3 aromatic carbocycles. The van der Waals surface area contributed by atoms with Crippen LogP contribution in [0.3, 0.4) is 0 Å². The number of azo groups is 1. The number of anilines is 1. The fraction of sp³-hybridized carbons (Fsp3) is 0.0455. The van der Waals surface area contributed by atoms with Crippen molar-refractivity contribution in [1.29, 1.82) is 0 Å². The maximum absolute atomic E-state index is 11.8. The second-order valence-corrected chi connectivity index (χ2v) is 8.02. The number of pyridine rings is 1. The third-order valence-corrected chi connectivity index (χ3v) is 5.60. The minimum absolute atomic E-state index is 0. The molecule has 32 heavy (non-hydrogen) atoms. The van der Waals surface area contributed by atoms with Crippen LogP contribution in [0.15, 0.2) is 88.1 Å². The van der Waals surface area contributed by atoms with Gasteiger partial charge in [-0.1, -0.05) is 36.4 Å². The zero-order chi connectivity index (χ0) is 22.0. The van der Waals surface area contributed by atoms with Crippen molar-refractivity contribution in [2.45, 2.75) is 4.90 Å². The number of benzene rings is 3. The van der Waals surface area contributed by atoms with E-state index in [1.807, 2.05) is 24.3 Å². The summed E-state index contributed by atoms with van der Waals surface area (Å²) in [4.78, 5) is 4.12. The van der Waals surface area contributed by atoms with Gasteiger partial charge in [0.1, 0.15) is 22.0 Å². The average Bonchev–Trinajstić information content (AvgIpc) is 2.78. The van der Waals surface area contributed by atoms with Crippen molar-refractivity contribution >= 4 is 67.5 Å². The second kappa shape index (κ2) is 9.76. The van der Waals surface area contributed by atoms with E-state index in [0.29, 0.717) is 27.9 Å². The molecule has 4 aromatic rings. The molecule has 10 heteroatoms. The van der Waals surface area contributed by atoms with Gasteiger partial charge in [0.05, 0.1) is 24.7 Å². The van der Waals surface area contributed by atoms with Crippen LogP contribution < -0.4 is 10.5 Å². The molecule has 1 aromatic heterocycles. The molecule has 3 N–H and O–H groups in total. The maximum atomic E-state index is 11.8. The number of para-hydroxylation sites is 1. The number of fused-ring (bicyclic) bond motifs is 1. The number of nitrogens with zero attached hydrogens (tertiary/aromatic N) is 3. The molecule has 1 heterocycles. The van der Waals surface area contributed by atoms with Gasteiger partial charge in [0.2, 0.25) is 0 Å². The summed E-state index contributed by atoms with van der Waals surface area (Å²) in [5.41, 5.74) is 8.53. The number of ether oxygens (including phenoxy) is 1. The van der Waals surface area contributed by atoms with Gasteiger partial charge in [-0.15, -0.1) is 10.2 Å². The Balaban J connectivity index is 0.00000289. The van der Waals surface area contributed by atoms with Gasteiger partial charge in [-0.3, -0.25) is 9.54 Å². The van der Waals surface area contributed by atoms with Gasteiger partial charge in [0.15, 0.2) is 0 Å². The first-order chi connectivity index (χ1) is 14.9. The molecule has 0 radical (unpaired) electrons. The average molecular weight is 458 g/mol. The summed E-state index contributed by atoms with van der Waals surface area (Å²) in [6, 6.07) is 18.8. The molecule has 0 atom stereocenters. The molecule has 0 bridgehead atoms. The number of hydrogen-bond donors (Lipinski definition) is 2. The van der Waals surface area contributed by atoms with Crippen LogP contribution >= 0.6 is 0 Å². The Bertz CT molecular complexity index is 1410. The Morgan fingerprint density at radius 1 is 0.969 bits per heavy atom. The molecule has 0 aliphatic heterocycles. The number of hydrogen-bond acceptors (Lipinski definition) is 7. The van der Waals surface area contributed by atoms with Crippen molar-refractivity contribution in [1.82, 2.24) is 4.98 Å². The first-order valence-corrected chi connectivity index (χ1v) is 10.6. The SMILES string of the molecule is COc1ccccc1-c1ccc(N=Nc2cc(S(=O)(=O)O)c3ccccc3c2N)cn1.[NaH]. The van der Waals surface area contributed by atoms with Crippen molar-refractivity contribution in [3.63, 3.8) is 0 Å². The molecule has 0 aliphatic rings. The van der Waals surface area contributed by atoms with Gasteiger partial charge < -0.3 is 10.5 Å². The second-order valence-electron chi connectivity index (χ2n) is 6.63. The molecule has 0 amide bonds. The van der Waals surface area contributed by atoms with Crippen LogP contribution in [0.2, 0.25) is 0 Å². The van der Waals surface area contributed by atoms with E-state index in [4.69, 9.17) is 10.5 Å². The predicted molar refractivity (Wildman–Crippen MR) is 126 cm³/mol. The summed E-state index contributed by atoms with van der Waals surface area (Å²) in [6.07, 6.45) is 1.53. The minimum atomic E-state index is -4.48. The van der Waals surface area contributed by atoms with Gasteiger partial charge >= 0.3 is 29.6 Å². The van der Waals surface area contributed by atoms with E-state index < -0.39 is 10.1 Å². The fourth-order valence-corrected chi connectivity index (χ4v) is 3.94. The topological polar surface area (TPSA) is 127 Å². The van der Waals surface area contributed by atoms with E-state index in [-0.39, 0.29) is 45.8 Å². The fourth-order valence-electron chi connectivity index (χ4n) is 3.22. The van der Waals surface area contributed by atoms with Crippen LogP contribution in [0, 0.1) is 0 Å². The molecule has 0 aliphatic carbocycles. The molecule has 8 nitrogen and oxygen atoms in total. The van der Waals surface area contributed by atoms with Gasteiger partial charge in [-0.2, -0.15) is 8.42 Å². The molecule has 0 saturated carbocycles. The molecule has 0 spiro atoms. The van der Waals surface area contributed by atoms with Gasteiger partial charge in [-0.25, -0.2) is 0 Å². The van der Waals surface area contributed by atoms with Crippen LogP contribution in [0.1, 0.15) is 0 Å². The molecule has 0 saturated heterocycles. The molecule has 0 unspecified atom stereocenters. The summed E-state index contributed by atoms with van der Waals surface area (Å²) in [7, 11) is -2.88. The van der Waals surface area contributed by atoms with Crippen molar-refractivity contribution in [2.24, 2.45) is 10.2 Å². The molecular weight excluding hydrogens is 439 g/mol. The van der Waals surface area contributed by atoms with Crippen molar-refractivity contribution in [3.05, 3.63) is 72.9 Å². The summed E-state index contributed by atoms with van der Waals surface area (Å²) < 4.78 is 38.6. The van der Waals surface area contributed by atoms with Crippen LogP contribution in [-0.4, -0.2) is 54.6 Å². The Kier molecular flexibility index (Phi) is 7.27. The summed E-state index contributed by atoms with van der Waals surface area (Å²) in [5.74, 6) is 0.700. The molecule has 0 fully saturated rings. The molecule has 4 rings (SSSR count). The standard InChI is InChI=1S/C22H18N4O4S.Na.H/c1-30-20-9-5-4-8-17(20)18-11-10-14(13-24-18)25-26-19-12-21(31(27,28)29)15-6-2-3-7-16(15)22(19)23;;/h2-13H,23H2,1H3,(H,27,28,29);;.